The maximum atomic E-state index is 12.4. The number of carbonyl (C=O) groups is 1. The number of hydrogen-bond acceptors (Lipinski definition) is 4. The van der Waals surface area contributed by atoms with Gasteiger partial charge in [-0.2, -0.15) is 8.42 Å². The highest BCUT2D eigenvalue weighted by Crippen LogP contribution is 2.22. The molecule has 0 aliphatic rings. The molecule has 0 unspecified atom stereocenters. The lowest BCUT2D eigenvalue weighted by atomic mass is 10.1. The van der Waals surface area contributed by atoms with Crippen molar-refractivity contribution in [3.05, 3.63) is 17.9 Å². The first-order valence-corrected chi connectivity index (χ1v) is 16.3. The standard InChI is InChI=1S/C24H44N2O4SSi/c1-5-9-10-11-12-13-14-15-16-17-18-26(24(27)25-31(28)29)20-22-19-23(30-21-22)32(6-2,7-3)8-4/h19,21H,5-18,20H2,1-4H3. The highest BCUT2D eigenvalue weighted by atomic mass is 32.2. The van der Waals surface area contributed by atoms with Gasteiger partial charge in [0, 0.05) is 12.1 Å². The summed E-state index contributed by atoms with van der Waals surface area (Å²) in [6.07, 6.45) is 13.8. The predicted octanol–water partition coefficient (Wildman–Crippen LogP) is 6.90. The molecule has 8 heteroatoms. The maximum Gasteiger partial charge on any atom is 0.358 e. The van der Waals surface area contributed by atoms with Gasteiger partial charge in [0.25, 0.3) is 0 Å². The minimum atomic E-state index is -2.74. The van der Waals surface area contributed by atoms with Crippen molar-refractivity contribution in [3.63, 3.8) is 0 Å². The Balaban J connectivity index is 2.60. The van der Waals surface area contributed by atoms with E-state index >= 15 is 0 Å². The van der Waals surface area contributed by atoms with Gasteiger partial charge in [-0.1, -0.05) is 108 Å². The van der Waals surface area contributed by atoms with Crippen LogP contribution in [0, 0.1) is 0 Å². The molecule has 0 radical (unpaired) electrons. The molecule has 0 bridgehead atoms. The van der Waals surface area contributed by atoms with Gasteiger partial charge in [-0.05, 0) is 12.5 Å². The number of urea groups is 1. The van der Waals surface area contributed by atoms with Crippen LogP contribution in [0.3, 0.4) is 0 Å². The zero-order chi connectivity index (χ0) is 23.8. The average molecular weight is 485 g/mol. The number of furan rings is 1. The normalized spacial score (nSPS) is 11.5. The van der Waals surface area contributed by atoms with Crippen molar-refractivity contribution < 1.29 is 17.6 Å². The van der Waals surface area contributed by atoms with Crippen LogP contribution in [0.1, 0.15) is 97.5 Å². The predicted molar refractivity (Wildman–Crippen MR) is 135 cm³/mol. The lowest BCUT2D eigenvalue weighted by molar-refractivity contribution is 0.204. The molecular formula is C24H44N2O4SSi. The van der Waals surface area contributed by atoms with Gasteiger partial charge < -0.3 is 9.32 Å². The van der Waals surface area contributed by atoms with Crippen molar-refractivity contribution in [1.82, 2.24) is 4.90 Å². The van der Waals surface area contributed by atoms with Gasteiger partial charge in [0.2, 0.25) is 0 Å². The highest BCUT2D eigenvalue weighted by Gasteiger charge is 2.33. The second kappa shape index (κ2) is 16.2. The van der Waals surface area contributed by atoms with Crippen molar-refractivity contribution in [2.75, 3.05) is 6.54 Å². The number of hydrogen-bond donors (Lipinski definition) is 0. The molecular weight excluding hydrogens is 440 g/mol. The first-order valence-electron chi connectivity index (χ1n) is 12.6. The molecule has 32 heavy (non-hydrogen) atoms. The lowest BCUT2D eigenvalue weighted by Gasteiger charge is -2.24. The minimum absolute atomic E-state index is 0.335. The fourth-order valence-electron chi connectivity index (χ4n) is 4.38. The van der Waals surface area contributed by atoms with Crippen LogP contribution >= 0.6 is 0 Å². The van der Waals surface area contributed by atoms with Crippen molar-refractivity contribution in [3.8, 4) is 0 Å². The number of amides is 2. The first-order chi connectivity index (χ1) is 15.4. The summed E-state index contributed by atoms with van der Waals surface area (Å²) >= 11 is 0. The number of carbonyl (C=O) groups excluding carboxylic acids is 1. The fraction of sp³-hybridized carbons (Fsp3) is 0.792. The summed E-state index contributed by atoms with van der Waals surface area (Å²) in [7, 11) is -4.36. The molecule has 0 spiro atoms. The smallest absolute Gasteiger partial charge is 0.358 e. The molecule has 184 valence electrons. The molecule has 0 aliphatic carbocycles. The van der Waals surface area contributed by atoms with Crippen LogP contribution in [0.2, 0.25) is 18.1 Å². The molecule has 1 aromatic heterocycles. The topological polar surface area (TPSA) is 80.0 Å². The summed E-state index contributed by atoms with van der Waals surface area (Å²) in [6, 6.07) is 4.76. The van der Waals surface area contributed by atoms with E-state index in [-0.39, 0.29) is 0 Å². The molecule has 1 heterocycles. The summed E-state index contributed by atoms with van der Waals surface area (Å²) in [6.45, 7) is 9.76. The Hall–Kier alpha value is -1.41. The van der Waals surface area contributed by atoms with E-state index in [0.717, 1.165) is 48.3 Å². The van der Waals surface area contributed by atoms with Crippen LogP contribution < -0.4 is 5.38 Å². The summed E-state index contributed by atoms with van der Waals surface area (Å²) in [4.78, 5) is 13.9. The van der Waals surface area contributed by atoms with E-state index in [1.54, 1.807) is 6.26 Å². The Morgan fingerprint density at radius 2 is 1.44 bits per heavy atom. The van der Waals surface area contributed by atoms with Crippen LogP contribution in [0.4, 0.5) is 4.79 Å². The summed E-state index contributed by atoms with van der Waals surface area (Å²) < 4.78 is 31.0. The fourth-order valence-corrected chi connectivity index (χ4v) is 7.97. The molecule has 1 rings (SSSR count). The third kappa shape index (κ3) is 10.0. The molecule has 6 nitrogen and oxygen atoms in total. The van der Waals surface area contributed by atoms with E-state index in [1.807, 2.05) is 0 Å². The highest BCUT2D eigenvalue weighted by molar-refractivity contribution is 7.62. The molecule has 0 saturated carbocycles. The van der Waals surface area contributed by atoms with E-state index in [2.05, 4.69) is 38.1 Å². The first kappa shape index (κ1) is 28.6. The van der Waals surface area contributed by atoms with Gasteiger partial charge in [0.05, 0.1) is 18.2 Å². The third-order valence-electron chi connectivity index (χ3n) is 6.78. The number of unbranched alkanes of at least 4 members (excludes halogenated alkanes) is 9. The quantitative estimate of drug-likeness (QED) is 0.178. The SMILES string of the molecule is CCCCCCCCCCCCN(Cc1coc([Si](CC)(CC)CC)c1)C(=O)N=S(=O)=O. The van der Waals surface area contributed by atoms with E-state index in [9.17, 15) is 13.2 Å². The van der Waals surface area contributed by atoms with E-state index < -0.39 is 24.6 Å². The Morgan fingerprint density at radius 1 is 0.906 bits per heavy atom. The van der Waals surface area contributed by atoms with Gasteiger partial charge >= 0.3 is 16.5 Å². The second-order valence-corrected chi connectivity index (χ2v) is 14.6. The zero-order valence-electron chi connectivity index (χ0n) is 20.7. The van der Waals surface area contributed by atoms with E-state index in [0.29, 0.717) is 13.1 Å². The zero-order valence-corrected chi connectivity index (χ0v) is 22.5. The van der Waals surface area contributed by atoms with Gasteiger partial charge in [0.1, 0.15) is 8.07 Å². The van der Waals surface area contributed by atoms with Crippen LogP contribution in [0.25, 0.3) is 0 Å². The van der Waals surface area contributed by atoms with Crippen molar-refractivity contribution in [1.29, 1.82) is 0 Å². The van der Waals surface area contributed by atoms with E-state index in [4.69, 9.17) is 4.42 Å². The third-order valence-corrected chi connectivity index (χ3v) is 12.5. The van der Waals surface area contributed by atoms with E-state index in [1.165, 1.54) is 49.8 Å². The Labute approximate surface area is 197 Å². The molecule has 0 atom stereocenters. The maximum absolute atomic E-state index is 12.4. The van der Waals surface area contributed by atoms with Gasteiger partial charge in [-0.15, -0.1) is 0 Å². The second-order valence-electron chi connectivity index (χ2n) is 8.85. The van der Waals surface area contributed by atoms with Crippen LogP contribution in [-0.4, -0.2) is 34.0 Å². The average Bonchev–Trinajstić information content (AvgIpc) is 3.24. The van der Waals surface area contributed by atoms with Gasteiger partial charge in [-0.3, -0.25) is 0 Å². The van der Waals surface area contributed by atoms with Crippen LogP contribution in [0.15, 0.2) is 21.1 Å². The molecule has 0 aromatic carbocycles. The lowest BCUT2D eigenvalue weighted by Crippen LogP contribution is -2.44. The largest absolute Gasteiger partial charge is 0.474 e. The molecule has 0 fully saturated rings. The Kier molecular flexibility index (Phi) is 14.5. The number of nitrogens with zero attached hydrogens (tertiary/aromatic N) is 2. The minimum Gasteiger partial charge on any atom is -0.474 e. The van der Waals surface area contributed by atoms with Crippen LogP contribution in [-0.2, 0) is 17.0 Å². The summed E-state index contributed by atoms with van der Waals surface area (Å²) in [5.41, 5.74) is 0.916. The molecule has 0 N–H and O–H groups in total. The molecule has 1 aromatic rings. The summed E-state index contributed by atoms with van der Waals surface area (Å²) in [5.74, 6) is 0. The van der Waals surface area contributed by atoms with Crippen molar-refractivity contribution in [2.24, 2.45) is 4.36 Å². The molecule has 0 saturated heterocycles. The number of rotatable bonds is 17. The Morgan fingerprint density at radius 3 is 1.94 bits per heavy atom. The summed E-state index contributed by atoms with van der Waals surface area (Å²) in [5, 5.41) is 1.08. The van der Waals surface area contributed by atoms with Crippen molar-refractivity contribution in [2.45, 2.75) is 117 Å². The van der Waals surface area contributed by atoms with Crippen LogP contribution in [0.5, 0.6) is 0 Å². The molecule has 2 amide bonds. The Bertz CT molecular complexity index is 771. The van der Waals surface area contributed by atoms with Crippen molar-refractivity contribution >= 4 is 30.0 Å². The van der Waals surface area contributed by atoms with Gasteiger partial charge in [-0.25, -0.2) is 4.79 Å². The molecule has 0 aliphatic heterocycles. The monoisotopic (exact) mass is 484 g/mol. The van der Waals surface area contributed by atoms with Gasteiger partial charge in [0.15, 0.2) is 0 Å².